The molecule has 0 saturated heterocycles. The van der Waals surface area contributed by atoms with Gasteiger partial charge in [-0.15, -0.1) is 0 Å². The molecule has 1 aromatic heterocycles. The van der Waals surface area contributed by atoms with Crippen molar-refractivity contribution in [3.05, 3.63) is 47.4 Å². The van der Waals surface area contributed by atoms with Gasteiger partial charge in [0.25, 0.3) is 10.0 Å². The third kappa shape index (κ3) is 3.89. The van der Waals surface area contributed by atoms with Crippen LogP contribution in [0.1, 0.15) is 5.56 Å². The number of carbonyl (C=O) groups excluding carboxylic acids is 1. The first-order valence-electron chi connectivity index (χ1n) is 5.75. The van der Waals surface area contributed by atoms with Crippen molar-refractivity contribution in [2.75, 3.05) is 5.32 Å². The Morgan fingerprint density at radius 1 is 1.24 bits per heavy atom. The van der Waals surface area contributed by atoms with Gasteiger partial charge in [0.2, 0.25) is 0 Å². The number of nitrogens with one attached hydrogen (secondary N) is 2. The van der Waals surface area contributed by atoms with Crippen LogP contribution in [0, 0.1) is 6.92 Å². The zero-order chi connectivity index (χ0) is 15.5. The first-order chi connectivity index (χ1) is 9.88. The van der Waals surface area contributed by atoms with Crippen molar-refractivity contribution < 1.29 is 13.2 Å². The van der Waals surface area contributed by atoms with Gasteiger partial charge in [-0.25, -0.2) is 22.9 Å². The van der Waals surface area contributed by atoms with Gasteiger partial charge >= 0.3 is 6.03 Å². The fourth-order valence-electron chi connectivity index (χ4n) is 1.58. The van der Waals surface area contributed by atoms with E-state index in [1.54, 1.807) is 25.1 Å². The molecule has 9 heteroatoms. The molecule has 0 fully saturated rings. The van der Waals surface area contributed by atoms with Gasteiger partial charge in [0, 0.05) is 0 Å². The Balaban J connectivity index is 2.14. The maximum Gasteiger partial charge on any atom is 0.334 e. The van der Waals surface area contributed by atoms with Crippen LogP contribution in [0.25, 0.3) is 0 Å². The molecular formula is C12H11ClN4O3S. The van der Waals surface area contributed by atoms with Crippen LogP contribution in [0.2, 0.25) is 5.15 Å². The normalized spacial score (nSPS) is 11.0. The molecule has 0 saturated carbocycles. The van der Waals surface area contributed by atoms with Gasteiger partial charge in [0.05, 0.1) is 17.3 Å². The van der Waals surface area contributed by atoms with Crippen molar-refractivity contribution in [1.82, 2.24) is 14.7 Å². The number of benzene rings is 1. The van der Waals surface area contributed by atoms with E-state index in [-0.39, 0.29) is 15.9 Å². The lowest BCUT2D eigenvalue weighted by Crippen LogP contribution is -2.35. The minimum absolute atomic E-state index is 0.0253. The summed E-state index contributed by atoms with van der Waals surface area (Å²) in [5.74, 6) is 0.0417. The van der Waals surface area contributed by atoms with E-state index in [0.29, 0.717) is 5.56 Å². The molecule has 1 heterocycles. The molecule has 2 N–H and O–H groups in total. The highest BCUT2D eigenvalue weighted by molar-refractivity contribution is 7.90. The van der Waals surface area contributed by atoms with Gasteiger partial charge in [-0.05, 0) is 18.6 Å². The van der Waals surface area contributed by atoms with Gasteiger partial charge in [0.1, 0.15) is 5.15 Å². The molecular weight excluding hydrogens is 316 g/mol. The fourth-order valence-corrected chi connectivity index (χ4v) is 2.88. The minimum Gasteiger partial charge on any atom is -0.290 e. The summed E-state index contributed by atoms with van der Waals surface area (Å²) >= 11 is 5.61. The van der Waals surface area contributed by atoms with Crippen LogP contribution >= 0.6 is 11.6 Å². The average molecular weight is 327 g/mol. The number of aromatic nitrogens is 2. The molecule has 0 aliphatic carbocycles. The van der Waals surface area contributed by atoms with Crippen molar-refractivity contribution in [2.24, 2.45) is 0 Å². The zero-order valence-electron chi connectivity index (χ0n) is 10.9. The van der Waals surface area contributed by atoms with Crippen LogP contribution in [0.15, 0.2) is 41.6 Å². The lowest BCUT2D eigenvalue weighted by Gasteiger charge is -2.09. The van der Waals surface area contributed by atoms with E-state index < -0.39 is 16.1 Å². The van der Waals surface area contributed by atoms with Crippen molar-refractivity contribution in [3.63, 3.8) is 0 Å². The highest BCUT2D eigenvalue weighted by atomic mass is 35.5. The minimum atomic E-state index is -3.96. The van der Waals surface area contributed by atoms with Crippen molar-refractivity contribution in [2.45, 2.75) is 11.8 Å². The number of aryl methyl sites for hydroxylation is 1. The van der Waals surface area contributed by atoms with Gasteiger partial charge in [-0.3, -0.25) is 10.3 Å². The van der Waals surface area contributed by atoms with E-state index in [1.807, 2.05) is 4.72 Å². The number of urea groups is 1. The van der Waals surface area contributed by atoms with E-state index in [4.69, 9.17) is 11.6 Å². The summed E-state index contributed by atoms with van der Waals surface area (Å²) in [5, 5.41) is 2.32. The summed E-state index contributed by atoms with van der Waals surface area (Å²) in [6.45, 7) is 1.63. The molecule has 110 valence electrons. The largest absolute Gasteiger partial charge is 0.334 e. The van der Waals surface area contributed by atoms with Gasteiger partial charge < -0.3 is 0 Å². The predicted octanol–water partition coefficient (Wildman–Crippen LogP) is 1.95. The zero-order valence-corrected chi connectivity index (χ0v) is 12.4. The Morgan fingerprint density at radius 2 is 1.95 bits per heavy atom. The fraction of sp³-hybridized carbons (Fsp3) is 0.0833. The van der Waals surface area contributed by atoms with Gasteiger partial charge in [0.15, 0.2) is 5.82 Å². The molecule has 0 atom stereocenters. The number of hydrogen-bond acceptors (Lipinski definition) is 5. The summed E-state index contributed by atoms with van der Waals surface area (Å²) in [5.41, 5.74) is 0.528. The maximum atomic E-state index is 12.1. The van der Waals surface area contributed by atoms with Crippen LogP contribution in [-0.4, -0.2) is 24.4 Å². The third-order valence-corrected chi connectivity index (χ3v) is 4.13. The summed E-state index contributed by atoms with van der Waals surface area (Å²) in [6, 6.07) is 5.37. The molecule has 0 aliphatic rings. The van der Waals surface area contributed by atoms with E-state index in [1.165, 1.54) is 18.5 Å². The van der Waals surface area contributed by atoms with E-state index >= 15 is 0 Å². The quantitative estimate of drug-likeness (QED) is 0.897. The molecule has 7 nitrogen and oxygen atoms in total. The summed E-state index contributed by atoms with van der Waals surface area (Å²) < 4.78 is 26.1. The number of halogens is 1. The molecule has 0 bridgehead atoms. The lowest BCUT2D eigenvalue weighted by molar-refractivity contribution is 0.256. The number of amides is 2. The Hall–Kier alpha value is -2.19. The van der Waals surface area contributed by atoms with Gasteiger partial charge in [-0.2, -0.15) is 0 Å². The van der Waals surface area contributed by atoms with Crippen molar-refractivity contribution in [3.8, 4) is 0 Å². The number of rotatable bonds is 3. The number of sulfonamides is 1. The Kier molecular flexibility index (Phi) is 4.39. The molecule has 2 aromatic rings. The molecule has 0 spiro atoms. The highest BCUT2D eigenvalue weighted by Gasteiger charge is 2.19. The Morgan fingerprint density at radius 3 is 2.62 bits per heavy atom. The summed E-state index contributed by atoms with van der Waals surface area (Å²) in [7, 11) is -3.96. The lowest BCUT2D eigenvalue weighted by atomic mass is 10.2. The first kappa shape index (κ1) is 15.2. The number of nitrogens with zero attached hydrogens (tertiary/aromatic N) is 2. The average Bonchev–Trinajstić information content (AvgIpc) is 2.38. The molecule has 0 radical (unpaired) electrons. The van der Waals surface area contributed by atoms with Gasteiger partial charge in [-0.1, -0.05) is 29.8 Å². The topological polar surface area (TPSA) is 101 Å². The van der Waals surface area contributed by atoms with E-state index in [2.05, 4.69) is 15.3 Å². The number of carbonyl (C=O) groups is 1. The van der Waals surface area contributed by atoms with Crippen LogP contribution < -0.4 is 10.0 Å². The second-order valence-electron chi connectivity index (χ2n) is 4.05. The molecule has 21 heavy (non-hydrogen) atoms. The summed E-state index contributed by atoms with van der Waals surface area (Å²) in [6.07, 6.45) is 2.53. The van der Waals surface area contributed by atoms with E-state index in [9.17, 15) is 13.2 Å². The highest BCUT2D eigenvalue weighted by Crippen LogP contribution is 2.14. The molecule has 0 unspecified atom stereocenters. The predicted molar refractivity (Wildman–Crippen MR) is 77.6 cm³/mol. The Labute approximate surface area is 126 Å². The van der Waals surface area contributed by atoms with Crippen LogP contribution in [0.4, 0.5) is 10.6 Å². The van der Waals surface area contributed by atoms with Crippen LogP contribution in [0.3, 0.4) is 0 Å². The third-order valence-electron chi connectivity index (χ3n) is 2.46. The molecule has 2 amide bonds. The second-order valence-corrected chi connectivity index (χ2v) is 6.09. The SMILES string of the molecule is Cc1ccccc1S(=O)(=O)NC(=O)Nc1cncc(Cl)n1. The first-order valence-corrected chi connectivity index (χ1v) is 7.61. The maximum absolute atomic E-state index is 12.1. The smallest absolute Gasteiger partial charge is 0.290 e. The Bertz CT molecular complexity index is 780. The number of hydrogen-bond donors (Lipinski definition) is 2. The second kappa shape index (κ2) is 6.06. The summed E-state index contributed by atoms with van der Waals surface area (Å²) in [4.78, 5) is 19.2. The van der Waals surface area contributed by atoms with Crippen LogP contribution in [-0.2, 0) is 10.0 Å². The van der Waals surface area contributed by atoms with Crippen LogP contribution in [0.5, 0.6) is 0 Å². The standard InChI is InChI=1S/C12H11ClN4O3S/c1-8-4-2-3-5-9(8)21(19,20)17-12(18)16-11-7-14-6-10(13)15-11/h2-7H,1H3,(H2,15,16,17,18). The molecule has 2 rings (SSSR count). The monoisotopic (exact) mass is 326 g/mol. The van der Waals surface area contributed by atoms with Crippen molar-refractivity contribution >= 4 is 33.5 Å². The number of anilines is 1. The molecule has 1 aromatic carbocycles. The van der Waals surface area contributed by atoms with E-state index in [0.717, 1.165) is 0 Å². The van der Waals surface area contributed by atoms with Crippen molar-refractivity contribution in [1.29, 1.82) is 0 Å². The molecule has 0 aliphatic heterocycles.